The molecule has 2 aromatic heterocycles. The highest BCUT2D eigenvalue weighted by molar-refractivity contribution is 7.88. The number of carbonyl (C=O) groups excluding carboxylic acids is 1. The first-order valence-corrected chi connectivity index (χ1v) is 14.4. The number of aromatic nitrogens is 3. The zero-order valence-electron chi connectivity index (χ0n) is 20.3. The number of nitrogens with zero attached hydrogens (tertiary/aromatic N) is 4. The Morgan fingerprint density at radius 2 is 1.64 bits per heavy atom. The first kappa shape index (κ1) is 23.1. The topological polar surface area (TPSA) is 99.3 Å². The van der Waals surface area contributed by atoms with Crippen molar-refractivity contribution in [2.45, 2.75) is 32.1 Å². The number of aryl methyl sites for hydroxylation is 1. The molecular weight excluding hydrogens is 474 g/mol. The minimum atomic E-state index is -3.23. The lowest BCUT2D eigenvalue weighted by Crippen LogP contribution is -2.50. The summed E-state index contributed by atoms with van der Waals surface area (Å²) >= 11 is 0. The van der Waals surface area contributed by atoms with E-state index in [4.69, 9.17) is 4.98 Å². The Bertz CT molecular complexity index is 1570. The largest absolute Gasteiger partial charge is 0.336 e. The summed E-state index contributed by atoms with van der Waals surface area (Å²) in [6, 6.07) is 11.8. The van der Waals surface area contributed by atoms with Crippen molar-refractivity contribution in [1.29, 1.82) is 0 Å². The Balaban J connectivity index is 1.34. The van der Waals surface area contributed by atoms with Gasteiger partial charge in [-0.3, -0.25) is 9.89 Å². The molecule has 36 heavy (non-hydrogen) atoms. The van der Waals surface area contributed by atoms with Crippen LogP contribution in [0.1, 0.15) is 40.7 Å². The number of aromatic amines is 1. The van der Waals surface area contributed by atoms with Gasteiger partial charge in [0.25, 0.3) is 5.91 Å². The first-order chi connectivity index (χ1) is 17.4. The summed E-state index contributed by atoms with van der Waals surface area (Å²) < 4.78 is 25.0. The summed E-state index contributed by atoms with van der Waals surface area (Å²) in [6.07, 6.45) is 8.65. The van der Waals surface area contributed by atoms with Crippen LogP contribution in [0.3, 0.4) is 0 Å². The van der Waals surface area contributed by atoms with Crippen molar-refractivity contribution >= 4 is 37.7 Å². The molecule has 6 rings (SSSR count). The number of rotatable bonds is 3. The van der Waals surface area contributed by atoms with Crippen LogP contribution in [0.5, 0.6) is 0 Å². The molecule has 2 aliphatic rings. The predicted octanol–water partition coefficient (Wildman–Crippen LogP) is 3.76. The second-order valence-corrected chi connectivity index (χ2v) is 11.8. The Morgan fingerprint density at radius 1 is 0.917 bits per heavy atom. The third-order valence-electron chi connectivity index (χ3n) is 7.54. The van der Waals surface area contributed by atoms with E-state index in [0.717, 1.165) is 46.9 Å². The van der Waals surface area contributed by atoms with Gasteiger partial charge in [0.15, 0.2) is 0 Å². The van der Waals surface area contributed by atoms with Gasteiger partial charge in [-0.25, -0.2) is 13.4 Å². The molecule has 0 spiro atoms. The molecule has 8 nitrogen and oxygen atoms in total. The average molecular weight is 504 g/mol. The second-order valence-electron chi connectivity index (χ2n) is 9.80. The standard InChI is InChI=1S/C27H29N5O3S/c1-36(34,35)32-15-13-31(14-16-32)27(33)19-9-7-18(8-10-19)26-21-6-4-2-3-5-20(21)25-22-17-28-30-23(22)11-12-24(25)29-26/h7-12,17H,2-6,13-16H2,1H3,(H,28,30). The minimum Gasteiger partial charge on any atom is -0.336 e. The molecule has 186 valence electrons. The summed E-state index contributed by atoms with van der Waals surface area (Å²) in [5, 5.41) is 9.69. The van der Waals surface area contributed by atoms with E-state index >= 15 is 0 Å². The summed E-state index contributed by atoms with van der Waals surface area (Å²) in [7, 11) is -3.23. The Morgan fingerprint density at radius 3 is 2.36 bits per heavy atom. The SMILES string of the molecule is CS(=O)(=O)N1CCN(C(=O)c2ccc(-c3nc4ccc5[nH]ncc5c4c4c3CCCCC4)cc2)CC1. The maximum Gasteiger partial charge on any atom is 0.253 e. The monoisotopic (exact) mass is 503 g/mol. The molecule has 0 unspecified atom stereocenters. The third kappa shape index (κ3) is 4.06. The van der Waals surface area contributed by atoms with Gasteiger partial charge in [-0.05, 0) is 61.1 Å². The summed E-state index contributed by atoms with van der Waals surface area (Å²) in [5.74, 6) is -0.0673. The van der Waals surface area contributed by atoms with Crippen LogP contribution in [0.2, 0.25) is 0 Å². The molecule has 4 aromatic rings. The van der Waals surface area contributed by atoms with Gasteiger partial charge in [0.05, 0.1) is 29.2 Å². The van der Waals surface area contributed by atoms with E-state index in [2.05, 4.69) is 16.3 Å². The molecule has 1 saturated heterocycles. The van der Waals surface area contributed by atoms with Crippen LogP contribution in [0, 0.1) is 0 Å². The number of sulfonamides is 1. The van der Waals surface area contributed by atoms with Gasteiger partial charge in [0.2, 0.25) is 10.0 Å². The first-order valence-electron chi connectivity index (χ1n) is 12.5. The fourth-order valence-corrected chi connectivity index (χ4v) is 6.47. The van der Waals surface area contributed by atoms with Gasteiger partial charge in [0, 0.05) is 48.1 Å². The Labute approximate surface area is 210 Å². The molecule has 3 heterocycles. The summed E-state index contributed by atoms with van der Waals surface area (Å²) in [6.45, 7) is 1.46. The van der Waals surface area contributed by atoms with E-state index in [1.165, 1.54) is 39.9 Å². The normalized spacial score (nSPS) is 17.3. The molecule has 1 fully saturated rings. The number of hydrogen-bond acceptors (Lipinski definition) is 5. The summed E-state index contributed by atoms with van der Waals surface area (Å²) in [4.78, 5) is 19.9. The molecule has 0 bridgehead atoms. The quantitative estimate of drug-likeness (QED) is 0.429. The van der Waals surface area contributed by atoms with Crippen LogP contribution in [0.15, 0.2) is 42.6 Å². The lowest BCUT2D eigenvalue weighted by Gasteiger charge is -2.33. The smallest absolute Gasteiger partial charge is 0.253 e. The van der Waals surface area contributed by atoms with Crippen LogP contribution in [-0.4, -0.2) is 71.1 Å². The van der Waals surface area contributed by atoms with Crippen molar-refractivity contribution in [3.63, 3.8) is 0 Å². The maximum atomic E-state index is 13.1. The molecule has 0 saturated carbocycles. The van der Waals surface area contributed by atoms with E-state index in [1.54, 1.807) is 4.90 Å². The maximum absolute atomic E-state index is 13.1. The molecular formula is C27H29N5O3S. The summed E-state index contributed by atoms with van der Waals surface area (Å²) in [5.41, 5.74) is 7.32. The number of pyridine rings is 1. The molecule has 9 heteroatoms. The van der Waals surface area contributed by atoms with Crippen molar-refractivity contribution in [1.82, 2.24) is 24.4 Å². The van der Waals surface area contributed by atoms with Crippen LogP contribution in [-0.2, 0) is 22.9 Å². The molecule has 1 amide bonds. The Hall–Kier alpha value is -3.30. The predicted molar refractivity (Wildman–Crippen MR) is 140 cm³/mol. The lowest BCUT2D eigenvalue weighted by atomic mass is 9.92. The number of piperazine rings is 1. The average Bonchev–Trinajstić information content (AvgIpc) is 3.24. The van der Waals surface area contributed by atoms with Crippen molar-refractivity contribution in [3.8, 4) is 11.3 Å². The molecule has 1 N–H and O–H groups in total. The van der Waals surface area contributed by atoms with E-state index in [-0.39, 0.29) is 5.91 Å². The van der Waals surface area contributed by atoms with Crippen molar-refractivity contribution in [2.75, 3.05) is 32.4 Å². The third-order valence-corrected chi connectivity index (χ3v) is 8.84. The highest BCUT2D eigenvalue weighted by atomic mass is 32.2. The molecule has 1 aliphatic carbocycles. The van der Waals surface area contributed by atoms with E-state index < -0.39 is 10.0 Å². The number of hydrogen-bond donors (Lipinski definition) is 1. The van der Waals surface area contributed by atoms with E-state index in [1.807, 2.05) is 36.5 Å². The van der Waals surface area contributed by atoms with Gasteiger partial charge in [0.1, 0.15) is 0 Å². The number of fused-ring (bicyclic) bond motifs is 5. The molecule has 2 aromatic carbocycles. The van der Waals surface area contributed by atoms with Crippen LogP contribution >= 0.6 is 0 Å². The van der Waals surface area contributed by atoms with Crippen molar-refractivity contribution < 1.29 is 13.2 Å². The van der Waals surface area contributed by atoms with Gasteiger partial charge in [-0.2, -0.15) is 9.40 Å². The molecule has 0 atom stereocenters. The highest BCUT2D eigenvalue weighted by Crippen LogP contribution is 2.37. The van der Waals surface area contributed by atoms with Crippen LogP contribution in [0.25, 0.3) is 33.1 Å². The number of amides is 1. The van der Waals surface area contributed by atoms with Crippen molar-refractivity contribution in [2.24, 2.45) is 0 Å². The fourth-order valence-electron chi connectivity index (χ4n) is 5.64. The highest BCUT2D eigenvalue weighted by Gasteiger charge is 2.27. The number of carbonyl (C=O) groups is 1. The van der Waals surface area contributed by atoms with Crippen molar-refractivity contribution in [3.05, 3.63) is 59.3 Å². The lowest BCUT2D eigenvalue weighted by molar-refractivity contribution is 0.0698. The van der Waals surface area contributed by atoms with Gasteiger partial charge < -0.3 is 4.90 Å². The molecule has 0 radical (unpaired) electrons. The van der Waals surface area contributed by atoms with Gasteiger partial charge >= 0.3 is 0 Å². The Kier molecular flexibility index (Phi) is 5.76. The van der Waals surface area contributed by atoms with E-state index in [9.17, 15) is 13.2 Å². The number of H-pyrrole nitrogens is 1. The van der Waals surface area contributed by atoms with Crippen LogP contribution in [0.4, 0.5) is 0 Å². The van der Waals surface area contributed by atoms with E-state index in [0.29, 0.717) is 31.7 Å². The second kappa shape index (κ2) is 8.97. The van der Waals surface area contributed by atoms with Gasteiger partial charge in [-0.1, -0.05) is 18.6 Å². The molecule has 1 aliphatic heterocycles. The number of benzene rings is 2. The van der Waals surface area contributed by atoms with Crippen LogP contribution < -0.4 is 0 Å². The minimum absolute atomic E-state index is 0.0673. The zero-order valence-corrected chi connectivity index (χ0v) is 21.1. The van der Waals surface area contributed by atoms with Gasteiger partial charge in [-0.15, -0.1) is 0 Å². The number of nitrogens with one attached hydrogen (secondary N) is 1. The zero-order chi connectivity index (χ0) is 24.9. The fraction of sp³-hybridized carbons (Fsp3) is 0.370.